The van der Waals surface area contributed by atoms with E-state index in [0.717, 1.165) is 24.0 Å². The molecule has 3 aliphatic rings. The van der Waals surface area contributed by atoms with Crippen LogP contribution in [0.15, 0.2) is 48.5 Å². The average molecular weight is 477 g/mol. The molecular weight excluding hydrogens is 444 g/mol. The lowest BCUT2D eigenvalue weighted by Gasteiger charge is -2.39. The summed E-state index contributed by atoms with van der Waals surface area (Å²) >= 11 is 0. The minimum atomic E-state index is -0.773. The first kappa shape index (κ1) is 23.4. The number of alkyl carbamates (subject to hydrolysis) is 1. The van der Waals surface area contributed by atoms with Crippen LogP contribution in [0, 0.1) is 10.8 Å². The molecule has 2 fully saturated rings. The van der Waals surface area contributed by atoms with Crippen molar-refractivity contribution in [3.05, 3.63) is 59.7 Å². The lowest BCUT2D eigenvalue weighted by Crippen LogP contribution is -2.50. The number of aliphatic carboxylic acids is 1. The number of nitrogens with zero attached hydrogens (tertiary/aromatic N) is 1. The highest BCUT2D eigenvalue weighted by Crippen LogP contribution is 2.48. The monoisotopic (exact) mass is 476 g/mol. The van der Waals surface area contributed by atoms with E-state index < -0.39 is 22.9 Å². The minimum Gasteiger partial charge on any atom is -0.481 e. The normalized spacial score (nSPS) is 19.4. The van der Waals surface area contributed by atoms with Gasteiger partial charge in [-0.15, -0.1) is 0 Å². The molecule has 184 valence electrons. The summed E-state index contributed by atoms with van der Waals surface area (Å²) < 4.78 is 5.62. The fourth-order valence-corrected chi connectivity index (χ4v) is 5.70. The van der Waals surface area contributed by atoms with Gasteiger partial charge in [0.15, 0.2) is 0 Å². The molecule has 2 amide bonds. The van der Waals surface area contributed by atoms with Crippen molar-refractivity contribution in [2.24, 2.45) is 10.8 Å². The number of amides is 2. The van der Waals surface area contributed by atoms with E-state index in [9.17, 15) is 19.5 Å². The molecule has 0 aromatic heterocycles. The van der Waals surface area contributed by atoms with Crippen LogP contribution >= 0.6 is 0 Å². The number of hydrogen-bond donors (Lipinski definition) is 2. The number of nitrogens with one attached hydrogen (secondary N) is 1. The molecule has 1 heterocycles. The maximum Gasteiger partial charge on any atom is 0.407 e. The molecule has 0 bridgehead atoms. The molecule has 2 aliphatic carbocycles. The van der Waals surface area contributed by atoms with Crippen LogP contribution in [0.4, 0.5) is 4.79 Å². The van der Waals surface area contributed by atoms with Crippen molar-refractivity contribution in [3.63, 3.8) is 0 Å². The molecule has 5 rings (SSSR count). The van der Waals surface area contributed by atoms with Crippen LogP contribution in [-0.2, 0) is 14.3 Å². The third-order valence-electron chi connectivity index (χ3n) is 8.36. The second-order valence-corrected chi connectivity index (χ2v) is 10.2. The minimum absolute atomic E-state index is 0.00826. The van der Waals surface area contributed by atoms with Crippen LogP contribution in [0.5, 0.6) is 0 Å². The maximum atomic E-state index is 13.2. The maximum absolute atomic E-state index is 13.2. The molecular formula is C28H32N2O5. The van der Waals surface area contributed by atoms with Gasteiger partial charge in [-0.3, -0.25) is 9.59 Å². The van der Waals surface area contributed by atoms with E-state index in [0.29, 0.717) is 32.4 Å². The van der Waals surface area contributed by atoms with E-state index in [4.69, 9.17) is 4.74 Å². The molecule has 1 saturated heterocycles. The van der Waals surface area contributed by atoms with Crippen LogP contribution in [0.1, 0.15) is 56.1 Å². The number of carbonyl (C=O) groups excluding carboxylic acids is 2. The molecule has 7 nitrogen and oxygen atoms in total. The van der Waals surface area contributed by atoms with Crippen molar-refractivity contribution in [1.29, 1.82) is 0 Å². The number of carboxylic acids is 1. The van der Waals surface area contributed by atoms with Gasteiger partial charge in [0.1, 0.15) is 6.61 Å². The summed E-state index contributed by atoms with van der Waals surface area (Å²) in [5, 5.41) is 12.4. The summed E-state index contributed by atoms with van der Waals surface area (Å²) in [7, 11) is 0. The topological polar surface area (TPSA) is 95.9 Å². The van der Waals surface area contributed by atoms with Gasteiger partial charge in [-0.05, 0) is 54.4 Å². The Balaban J connectivity index is 1.15. The smallest absolute Gasteiger partial charge is 0.407 e. The van der Waals surface area contributed by atoms with Gasteiger partial charge in [0, 0.05) is 25.6 Å². The number of fused-ring (bicyclic) bond motifs is 3. The summed E-state index contributed by atoms with van der Waals surface area (Å²) in [5.41, 5.74) is 3.36. The van der Waals surface area contributed by atoms with Gasteiger partial charge < -0.3 is 20.1 Å². The van der Waals surface area contributed by atoms with E-state index in [2.05, 4.69) is 29.6 Å². The fourth-order valence-electron chi connectivity index (χ4n) is 5.70. The molecule has 0 atom stereocenters. The van der Waals surface area contributed by atoms with Gasteiger partial charge in [0.05, 0.1) is 10.8 Å². The summed E-state index contributed by atoms with van der Waals surface area (Å²) in [4.78, 5) is 39.2. The number of carbonyl (C=O) groups is 3. The van der Waals surface area contributed by atoms with E-state index in [1.54, 1.807) is 4.90 Å². The van der Waals surface area contributed by atoms with E-state index in [1.165, 1.54) is 11.1 Å². The molecule has 1 saturated carbocycles. The molecule has 0 spiro atoms. The van der Waals surface area contributed by atoms with Gasteiger partial charge >= 0.3 is 12.1 Å². The van der Waals surface area contributed by atoms with Gasteiger partial charge in [0.25, 0.3) is 0 Å². The molecule has 0 radical (unpaired) electrons. The fraction of sp³-hybridized carbons (Fsp3) is 0.464. The number of carboxylic acid groups (broad SMARTS) is 1. The first-order valence-corrected chi connectivity index (χ1v) is 12.5. The Kier molecular flexibility index (Phi) is 6.03. The van der Waals surface area contributed by atoms with Gasteiger partial charge in [-0.1, -0.05) is 55.5 Å². The number of ether oxygens (including phenoxy) is 1. The van der Waals surface area contributed by atoms with Crippen molar-refractivity contribution in [3.8, 4) is 11.1 Å². The largest absolute Gasteiger partial charge is 0.481 e. The summed E-state index contributed by atoms with van der Waals surface area (Å²) in [5.74, 6) is -0.761. The van der Waals surface area contributed by atoms with Crippen LogP contribution in [0.25, 0.3) is 11.1 Å². The van der Waals surface area contributed by atoms with Crippen LogP contribution in [0.3, 0.4) is 0 Å². The highest BCUT2D eigenvalue weighted by Gasteiger charge is 2.53. The third-order valence-corrected chi connectivity index (χ3v) is 8.36. The summed E-state index contributed by atoms with van der Waals surface area (Å²) in [6.07, 6.45) is 2.45. The zero-order chi connectivity index (χ0) is 24.6. The Morgan fingerprint density at radius 1 is 0.943 bits per heavy atom. The van der Waals surface area contributed by atoms with Crippen molar-refractivity contribution in [2.75, 3.05) is 26.2 Å². The van der Waals surface area contributed by atoms with Gasteiger partial charge in [-0.2, -0.15) is 0 Å². The first-order chi connectivity index (χ1) is 16.9. The highest BCUT2D eigenvalue weighted by molar-refractivity contribution is 5.87. The zero-order valence-electron chi connectivity index (χ0n) is 20.1. The Bertz CT molecular complexity index is 1100. The van der Waals surface area contributed by atoms with Crippen molar-refractivity contribution >= 4 is 18.0 Å². The highest BCUT2D eigenvalue weighted by atomic mass is 16.5. The Morgan fingerprint density at radius 2 is 1.51 bits per heavy atom. The lowest BCUT2D eigenvalue weighted by atomic mass is 9.76. The Hall–Kier alpha value is -3.35. The van der Waals surface area contributed by atoms with Gasteiger partial charge in [0.2, 0.25) is 5.91 Å². The van der Waals surface area contributed by atoms with Crippen molar-refractivity contribution < 1.29 is 24.2 Å². The Morgan fingerprint density at radius 3 is 2.03 bits per heavy atom. The summed E-state index contributed by atoms with van der Waals surface area (Å²) in [6, 6.07) is 16.4. The van der Waals surface area contributed by atoms with Gasteiger partial charge in [-0.25, -0.2) is 4.79 Å². The molecule has 0 unspecified atom stereocenters. The number of piperidine rings is 1. The average Bonchev–Trinajstić information content (AvgIpc) is 3.62. The number of hydrogen-bond acceptors (Lipinski definition) is 4. The van der Waals surface area contributed by atoms with E-state index in [1.807, 2.05) is 31.2 Å². The van der Waals surface area contributed by atoms with Crippen molar-refractivity contribution in [1.82, 2.24) is 10.2 Å². The van der Waals surface area contributed by atoms with E-state index in [-0.39, 0.29) is 25.0 Å². The number of likely N-dealkylation sites (tertiary alicyclic amines) is 1. The Labute approximate surface area is 205 Å². The van der Waals surface area contributed by atoms with Crippen molar-refractivity contribution in [2.45, 2.75) is 44.9 Å². The van der Waals surface area contributed by atoms with Crippen LogP contribution < -0.4 is 5.32 Å². The standard InChI is InChI=1S/C28H32N2O5/c1-2-27(25(32)33)13-15-30(16-14-27)24(31)28(11-12-28)18-29-26(34)35-17-23-21-9-5-3-7-19(21)20-8-4-6-10-22(20)23/h3-10,23H,2,11-18H2,1H3,(H,29,34)(H,32,33). The van der Waals surface area contributed by atoms with Crippen LogP contribution in [-0.4, -0.2) is 54.2 Å². The van der Waals surface area contributed by atoms with Crippen LogP contribution in [0.2, 0.25) is 0 Å². The molecule has 2 aromatic rings. The second-order valence-electron chi connectivity index (χ2n) is 10.2. The quantitative estimate of drug-likeness (QED) is 0.617. The summed E-state index contributed by atoms with van der Waals surface area (Å²) in [6.45, 7) is 3.28. The zero-order valence-corrected chi connectivity index (χ0v) is 20.1. The SMILES string of the molecule is CCC1(C(=O)O)CCN(C(=O)C2(CNC(=O)OCC3c4ccccc4-c4ccccc43)CC2)CC1. The predicted molar refractivity (Wildman–Crippen MR) is 131 cm³/mol. The second kappa shape index (κ2) is 9.02. The number of rotatable bonds is 7. The molecule has 35 heavy (non-hydrogen) atoms. The first-order valence-electron chi connectivity index (χ1n) is 12.5. The van der Waals surface area contributed by atoms with E-state index >= 15 is 0 Å². The molecule has 2 aromatic carbocycles. The number of benzene rings is 2. The third kappa shape index (κ3) is 4.17. The predicted octanol–water partition coefficient (Wildman–Crippen LogP) is 4.41. The molecule has 2 N–H and O–H groups in total. The molecule has 1 aliphatic heterocycles. The lowest BCUT2D eigenvalue weighted by molar-refractivity contribution is -0.155. The molecule has 7 heteroatoms.